The first-order chi connectivity index (χ1) is 12.5. The summed E-state index contributed by atoms with van der Waals surface area (Å²) < 4.78 is 0. The lowest BCUT2D eigenvalue weighted by Crippen LogP contribution is -2.49. The van der Waals surface area contributed by atoms with E-state index >= 15 is 0 Å². The van der Waals surface area contributed by atoms with Crippen LogP contribution in [0, 0.1) is 5.92 Å². The Morgan fingerprint density at radius 2 is 1.88 bits per heavy atom. The highest BCUT2D eigenvalue weighted by molar-refractivity contribution is 6.05. The summed E-state index contributed by atoms with van der Waals surface area (Å²) in [4.78, 5) is 35.7. The highest BCUT2D eigenvalue weighted by Crippen LogP contribution is 2.24. The monoisotopic (exact) mass is 358 g/mol. The lowest BCUT2D eigenvalue weighted by atomic mass is 9.86. The number of nitrogens with zero attached hydrogens (tertiary/aromatic N) is 1. The van der Waals surface area contributed by atoms with Crippen molar-refractivity contribution in [2.75, 3.05) is 0 Å². The Kier molecular flexibility index (Phi) is 5.20. The van der Waals surface area contributed by atoms with Crippen molar-refractivity contribution in [2.45, 2.75) is 44.7 Å². The van der Waals surface area contributed by atoms with Crippen LogP contribution in [-0.2, 0) is 9.59 Å². The van der Waals surface area contributed by atoms with Crippen LogP contribution >= 0.6 is 0 Å². The average molecular weight is 358 g/mol. The van der Waals surface area contributed by atoms with Gasteiger partial charge in [0.15, 0.2) is 5.69 Å². The van der Waals surface area contributed by atoms with Crippen LogP contribution in [-0.4, -0.2) is 45.2 Å². The lowest BCUT2D eigenvalue weighted by molar-refractivity contribution is -0.142. The van der Waals surface area contributed by atoms with Crippen LogP contribution in [0.1, 0.15) is 43.1 Å². The number of hydrogen-bond acceptors (Lipinski definition) is 4. The van der Waals surface area contributed by atoms with Crippen LogP contribution in [0.5, 0.6) is 0 Å². The van der Waals surface area contributed by atoms with Gasteiger partial charge in [-0.15, -0.1) is 0 Å². The van der Waals surface area contributed by atoms with E-state index in [0.717, 1.165) is 5.52 Å². The van der Waals surface area contributed by atoms with Gasteiger partial charge in [-0.05, 0) is 38.7 Å². The van der Waals surface area contributed by atoms with Crippen molar-refractivity contribution in [3.8, 4) is 0 Å². The molecule has 1 saturated carbocycles. The number of carbonyl (C=O) groups is 3. The second-order valence-electron chi connectivity index (χ2n) is 6.71. The minimum atomic E-state index is -0.776. The van der Waals surface area contributed by atoms with Gasteiger partial charge in [-0.25, -0.2) is 0 Å². The molecule has 1 fully saturated rings. The van der Waals surface area contributed by atoms with Gasteiger partial charge in [0, 0.05) is 11.4 Å². The Morgan fingerprint density at radius 1 is 1.19 bits per heavy atom. The molecule has 1 heterocycles. The van der Waals surface area contributed by atoms with Gasteiger partial charge in [-0.3, -0.25) is 19.5 Å². The maximum Gasteiger partial charge on any atom is 0.306 e. The van der Waals surface area contributed by atoms with Crippen LogP contribution in [0.15, 0.2) is 24.3 Å². The van der Waals surface area contributed by atoms with Crippen LogP contribution in [0.2, 0.25) is 0 Å². The average Bonchev–Trinajstić information content (AvgIpc) is 3.06. The van der Waals surface area contributed by atoms with Crippen molar-refractivity contribution in [2.24, 2.45) is 5.92 Å². The van der Waals surface area contributed by atoms with Gasteiger partial charge in [-0.1, -0.05) is 18.2 Å². The first-order valence-corrected chi connectivity index (χ1v) is 8.73. The molecule has 2 amide bonds. The van der Waals surface area contributed by atoms with E-state index in [1.165, 1.54) is 0 Å². The number of carboxylic acids is 1. The van der Waals surface area contributed by atoms with Gasteiger partial charge >= 0.3 is 5.97 Å². The summed E-state index contributed by atoms with van der Waals surface area (Å²) >= 11 is 0. The third kappa shape index (κ3) is 3.84. The van der Waals surface area contributed by atoms with Crippen molar-refractivity contribution in [3.05, 3.63) is 30.0 Å². The van der Waals surface area contributed by atoms with Gasteiger partial charge in [0.2, 0.25) is 5.91 Å². The number of amides is 2. The number of carbonyl (C=O) groups excluding carboxylic acids is 2. The minimum absolute atomic E-state index is 0.0522. The molecule has 4 N–H and O–H groups in total. The molecular formula is C18H22N4O4. The summed E-state index contributed by atoms with van der Waals surface area (Å²) in [5.41, 5.74) is 1.01. The lowest BCUT2D eigenvalue weighted by Gasteiger charge is -2.27. The van der Waals surface area contributed by atoms with Crippen molar-refractivity contribution in [1.29, 1.82) is 0 Å². The third-order valence-electron chi connectivity index (χ3n) is 4.85. The molecule has 2 aromatic rings. The highest BCUT2D eigenvalue weighted by atomic mass is 16.4. The van der Waals surface area contributed by atoms with E-state index in [1.807, 2.05) is 18.2 Å². The fraction of sp³-hybridized carbons (Fsp3) is 0.444. The summed E-state index contributed by atoms with van der Waals surface area (Å²) in [6.45, 7) is 1.62. The summed E-state index contributed by atoms with van der Waals surface area (Å²) in [7, 11) is 0. The van der Waals surface area contributed by atoms with Crippen molar-refractivity contribution >= 4 is 28.7 Å². The van der Waals surface area contributed by atoms with E-state index in [0.29, 0.717) is 31.1 Å². The maximum absolute atomic E-state index is 12.4. The number of aromatic nitrogens is 2. The number of aliphatic carboxylic acids is 1. The quantitative estimate of drug-likeness (QED) is 0.644. The number of H-pyrrole nitrogens is 1. The fourth-order valence-electron chi connectivity index (χ4n) is 3.28. The standard InChI is InChI=1S/C18H22N4O4/c1-10(16(23)20-12-8-6-11(7-9-12)18(25)26)19-17(24)15-13-4-2-3-5-14(13)21-22-15/h2-5,10-12H,6-9H2,1H3,(H,19,24)(H,20,23)(H,21,22)(H,25,26). The molecule has 0 bridgehead atoms. The third-order valence-corrected chi connectivity index (χ3v) is 4.85. The Hall–Kier alpha value is -2.90. The minimum Gasteiger partial charge on any atom is -0.481 e. The zero-order valence-corrected chi connectivity index (χ0v) is 14.5. The van der Waals surface area contributed by atoms with Crippen LogP contribution in [0.3, 0.4) is 0 Å². The Balaban J connectivity index is 1.54. The Morgan fingerprint density at radius 3 is 2.58 bits per heavy atom. The molecule has 3 rings (SSSR count). The summed E-state index contributed by atoms with van der Waals surface area (Å²) in [6.07, 6.45) is 2.38. The topological polar surface area (TPSA) is 124 Å². The second kappa shape index (κ2) is 7.55. The summed E-state index contributed by atoms with van der Waals surface area (Å²) in [5.74, 6) is -1.80. The number of hydrogen-bond donors (Lipinski definition) is 4. The van der Waals surface area contributed by atoms with Gasteiger partial charge in [0.25, 0.3) is 5.91 Å². The van der Waals surface area contributed by atoms with Crippen molar-refractivity contribution < 1.29 is 19.5 Å². The molecule has 1 aliphatic rings. The molecular weight excluding hydrogens is 336 g/mol. The number of fused-ring (bicyclic) bond motifs is 1. The number of nitrogens with one attached hydrogen (secondary N) is 3. The number of carboxylic acid groups (broad SMARTS) is 1. The van der Waals surface area contributed by atoms with E-state index < -0.39 is 17.9 Å². The molecule has 1 unspecified atom stereocenters. The number of aromatic amines is 1. The molecule has 26 heavy (non-hydrogen) atoms. The molecule has 1 atom stereocenters. The highest BCUT2D eigenvalue weighted by Gasteiger charge is 2.28. The molecule has 1 aromatic carbocycles. The van der Waals surface area contributed by atoms with E-state index in [4.69, 9.17) is 5.11 Å². The molecule has 1 aliphatic carbocycles. The molecule has 8 heteroatoms. The van der Waals surface area contributed by atoms with Crippen molar-refractivity contribution in [3.63, 3.8) is 0 Å². The predicted octanol–water partition coefficient (Wildman–Crippen LogP) is 1.44. The number of rotatable bonds is 5. The van der Waals surface area contributed by atoms with Crippen molar-refractivity contribution in [1.82, 2.24) is 20.8 Å². The maximum atomic E-state index is 12.4. The molecule has 0 saturated heterocycles. The zero-order chi connectivity index (χ0) is 18.7. The molecule has 0 spiro atoms. The first-order valence-electron chi connectivity index (χ1n) is 8.73. The van der Waals surface area contributed by atoms with Crippen LogP contribution in [0.4, 0.5) is 0 Å². The molecule has 138 valence electrons. The van der Waals surface area contributed by atoms with Gasteiger partial charge < -0.3 is 15.7 Å². The van der Waals surface area contributed by atoms with E-state index in [9.17, 15) is 14.4 Å². The van der Waals surface area contributed by atoms with Gasteiger partial charge in [-0.2, -0.15) is 5.10 Å². The van der Waals surface area contributed by atoms with Gasteiger partial charge in [0.1, 0.15) is 6.04 Å². The Labute approximate surface area is 150 Å². The normalized spacial score (nSPS) is 21.1. The first kappa shape index (κ1) is 17.9. The van der Waals surface area contributed by atoms with E-state index in [-0.39, 0.29) is 23.6 Å². The Bertz CT molecular complexity index is 823. The van der Waals surface area contributed by atoms with Crippen LogP contribution in [0.25, 0.3) is 10.9 Å². The molecule has 8 nitrogen and oxygen atoms in total. The second-order valence-corrected chi connectivity index (χ2v) is 6.71. The molecule has 0 aliphatic heterocycles. The molecule has 1 aromatic heterocycles. The largest absolute Gasteiger partial charge is 0.481 e. The zero-order valence-electron chi connectivity index (χ0n) is 14.5. The molecule has 0 radical (unpaired) electrons. The van der Waals surface area contributed by atoms with E-state index in [2.05, 4.69) is 20.8 Å². The van der Waals surface area contributed by atoms with Crippen LogP contribution < -0.4 is 10.6 Å². The van der Waals surface area contributed by atoms with E-state index in [1.54, 1.807) is 13.0 Å². The summed E-state index contributed by atoms with van der Waals surface area (Å²) in [6, 6.07) is 6.51. The fourth-order valence-corrected chi connectivity index (χ4v) is 3.28. The predicted molar refractivity (Wildman–Crippen MR) is 94.5 cm³/mol. The number of benzene rings is 1. The van der Waals surface area contributed by atoms with Gasteiger partial charge in [0.05, 0.1) is 11.4 Å². The number of para-hydroxylation sites is 1. The summed E-state index contributed by atoms with van der Waals surface area (Å²) in [5, 5.41) is 22.1. The SMILES string of the molecule is CC(NC(=O)c1n[nH]c2ccccc12)C(=O)NC1CCC(C(=O)O)CC1. The smallest absolute Gasteiger partial charge is 0.306 e.